The molecule has 0 aliphatic carbocycles. The highest BCUT2D eigenvalue weighted by atomic mass is 16.4. The first-order chi connectivity index (χ1) is 9.36. The number of rotatable bonds is 3. The molecule has 5 heteroatoms. The van der Waals surface area contributed by atoms with E-state index in [4.69, 9.17) is 10.2 Å². The summed E-state index contributed by atoms with van der Waals surface area (Å²) in [7, 11) is 0. The second-order valence-electron chi connectivity index (χ2n) is 4.79. The average Bonchev–Trinajstić information content (AvgIpc) is 2.36. The van der Waals surface area contributed by atoms with Gasteiger partial charge in [-0.2, -0.15) is 0 Å². The SMILES string of the molecule is CC1=CC(c2cc(C(=O)O)cc(C(=O)O)c2)=CC(C)N1. The van der Waals surface area contributed by atoms with Gasteiger partial charge in [-0.15, -0.1) is 0 Å². The molecule has 1 aliphatic rings. The number of carboxylic acid groups (broad SMARTS) is 2. The summed E-state index contributed by atoms with van der Waals surface area (Å²) >= 11 is 0. The van der Waals surface area contributed by atoms with Crippen LogP contribution >= 0.6 is 0 Å². The second kappa shape index (κ2) is 5.21. The third-order valence-corrected chi connectivity index (χ3v) is 3.02. The molecule has 0 amide bonds. The monoisotopic (exact) mass is 273 g/mol. The standard InChI is InChI=1S/C15H15NO4/c1-8-3-10(4-9(2)16-8)11-5-12(14(17)18)7-13(6-11)15(19)20/h3-8,16H,1-2H3,(H,17,18)(H,19,20). The maximum absolute atomic E-state index is 11.1. The van der Waals surface area contributed by atoms with E-state index in [2.05, 4.69) is 5.32 Å². The predicted octanol–water partition coefficient (Wildman–Crippen LogP) is 2.36. The summed E-state index contributed by atoms with van der Waals surface area (Å²) in [5, 5.41) is 21.4. The fraction of sp³-hybridized carbons (Fsp3) is 0.200. The zero-order valence-corrected chi connectivity index (χ0v) is 11.2. The summed E-state index contributed by atoms with van der Waals surface area (Å²) in [6, 6.07) is 4.25. The predicted molar refractivity (Wildman–Crippen MR) is 74.7 cm³/mol. The molecule has 5 nitrogen and oxygen atoms in total. The Kier molecular flexibility index (Phi) is 3.61. The molecular formula is C15H15NO4. The van der Waals surface area contributed by atoms with Crippen molar-refractivity contribution in [2.45, 2.75) is 19.9 Å². The van der Waals surface area contributed by atoms with E-state index in [1.807, 2.05) is 26.0 Å². The van der Waals surface area contributed by atoms with Gasteiger partial charge >= 0.3 is 11.9 Å². The van der Waals surface area contributed by atoms with Crippen LogP contribution in [-0.2, 0) is 0 Å². The number of aromatic carboxylic acids is 2. The molecule has 0 aromatic heterocycles. The van der Waals surface area contributed by atoms with Crippen LogP contribution < -0.4 is 5.32 Å². The van der Waals surface area contributed by atoms with Crippen LogP contribution in [0.4, 0.5) is 0 Å². The molecule has 1 atom stereocenters. The lowest BCUT2D eigenvalue weighted by Gasteiger charge is -2.20. The highest BCUT2D eigenvalue weighted by molar-refractivity contribution is 5.96. The summed E-state index contributed by atoms with van der Waals surface area (Å²) in [5.41, 5.74) is 2.30. The molecule has 0 bridgehead atoms. The van der Waals surface area contributed by atoms with Crippen molar-refractivity contribution in [2.24, 2.45) is 0 Å². The molecule has 0 saturated carbocycles. The van der Waals surface area contributed by atoms with Gasteiger partial charge in [-0.3, -0.25) is 0 Å². The smallest absolute Gasteiger partial charge is 0.335 e. The maximum Gasteiger partial charge on any atom is 0.335 e. The van der Waals surface area contributed by atoms with Crippen LogP contribution in [0.3, 0.4) is 0 Å². The Bertz CT molecular complexity index is 611. The Morgan fingerprint density at radius 3 is 2.10 bits per heavy atom. The second-order valence-corrected chi connectivity index (χ2v) is 4.79. The summed E-state index contributed by atoms with van der Waals surface area (Å²) in [5.74, 6) is -2.28. The number of allylic oxidation sites excluding steroid dienone is 3. The number of carboxylic acids is 2. The van der Waals surface area contributed by atoms with Gasteiger partial charge in [0.2, 0.25) is 0 Å². The Morgan fingerprint density at radius 2 is 1.65 bits per heavy atom. The Hall–Kier alpha value is -2.56. The lowest BCUT2D eigenvalue weighted by atomic mass is 9.96. The topological polar surface area (TPSA) is 86.6 Å². The van der Waals surface area contributed by atoms with E-state index in [1.165, 1.54) is 12.1 Å². The zero-order chi connectivity index (χ0) is 14.9. The van der Waals surface area contributed by atoms with Crippen LogP contribution in [0.15, 0.2) is 36.0 Å². The van der Waals surface area contributed by atoms with Crippen LogP contribution in [0.25, 0.3) is 5.57 Å². The molecule has 1 unspecified atom stereocenters. The van der Waals surface area contributed by atoms with Crippen LogP contribution in [0.5, 0.6) is 0 Å². The lowest BCUT2D eigenvalue weighted by molar-refractivity contribution is 0.0696. The molecule has 0 saturated heterocycles. The van der Waals surface area contributed by atoms with Gasteiger partial charge in [0.25, 0.3) is 0 Å². The molecule has 2 rings (SSSR count). The molecule has 1 aromatic rings. The normalized spacial score (nSPS) is 17.8. The first kappa shape index (κ1) is 13.9. The van der Waals surface area contributed by atoms with E-state index in [0.717, 1.165) is 17.3 Å². The minimum Gasteiger partial charge on any atom is -0.478 e. The summed E-state index contributed by atoms with van der Waals surface area (Å²) in [6.07, 6.45) is 3.80. The zero-order valence-electron chi connectivity index (χ0n) is 11.2. The number of carbonyl (C=O) groups is 2. The van der Waals surface area contributed by atoms with Crippen LogP contribution in [-0.4, -0.2) is 28.2 Å². The summed E-state index contributed by atoms with van der Waals surface area (Å²) in [6.45, 7) is 3.87. The van der Waals surface area contributed by atoms with Crippen LogP contribution in [0.2, 0.25) is 0 Å². The van der Waals surface area contributed by atoms with Gasteiger partial charge in [0, 0.05) is 11.7 Å². The van der Waals surface area contributed by atoms with E-state index in [1.54, 1.807) is 0 Å². The van der Waals surface area contributed by atoms with Crippen molar-refractivity contribution in [3.8, 4) is 0 Å². The number of hydrogen-bond acceptors (Lipinski definition) is 3. The van der Waals surface area contributed by atoms with Crippen molar-refractivity contribution in [2.75, 3.05) is 0 Å². The van der Waals surface area contributed by atoms with Crippen molar-refractivity contribution in [3.05, 3.63) is 52.7 Å². The third-order valence-electron chi connectivity index (χ3n) is 3.02. The van der Waals surface area contributed by atoms with E-state index >= 15 is 0 Å². The van der Waals surface area contributed by atoms with Crippen molar-refractivity contribution < 1.29 is 19.8 Å². The van der Waals surface area contributed by atoms with Crippen LogP contribution in [0, 0.1) is 0 Å². The third kappa shape index (κ3) is 2.88. The number of hydrogen-bond donors (Lipinski definition) is 3. The van der Waals surface area contributed by atoms with Gasteiger partial charge in [0.15, 0.2) is 0 Å². The lowest BCUT2D eigenvalue weighted by Crippen LogP contribution is -2.25. The first-order valence-corrected chi connectivity index (χ1v) is 6.15. The van der Waals surface area contributed by atoms with E-state index in [9.17, 15) is 9.59 Å². The minimum atomic E-state index is -1.14. The molecule has 104 valence electrons. The van der Waals surface area contributed by atoms with Crippen molar-refractivity contribution in [3.63, 3.8) is 0 Å². The minimum absolute atomic E-state index is 0.0296. The largest absolute Gasteiger partial charge is 0.478 e. The molecule has 20 heavy (non-hydrogen) atoms. The maximum atomic E-state index is 11.1. The molecular weight excluding hydrogens is 258 g/mol. The fourth-order valence-corrected chi connectivity index (χ4v) is 2.21. The molecule has 3 N–H and O–H groups in total. The molecule has 1 heterocycles. The van der Waals surface area contributed by atoms with Crippen molar-refractivity contribution in [1.82, 2.24) is 5.32 Å². The summed E-state index contributed by atoms with van der Waals surface area (Å²) in [4.78, 5) is 22.2. The van der Waals surface area contributed by atoms with Crippen molar-refractivity contribution in [1.29, 1.82) is 0 Å². The van der Waals surface area contributed by atoms with E-state index < -0.39 is 11.9 Å². The Balaban J connectivity index is 2.56. The molecule has 0 spiro atoms. The van der Waals surface area contributed by atoms with Gasteiger partial charge in [-0.25, -0.2) is 9.59 Å². The highest BCUT2D eigenvalue weighted by Crippen LogP contribution is 2.24. The van der Waals surface area contributed by atoms with E-state index in [0.29, 0.717) is 5.56 Å². The van der Waals surface area contributed by atoms with E-state index in [-0.39, 0.29) is 17.2 Å². The number of benzene rings is 1. The Labute approximate surface area is 116 Å². The number of dihydropyridines is 1. The molecule has 0 fully saturated rings. The molecule has 1 aliphatic heterocycles. The fourth-order valence-electron chi connectivity index (χ4n) is 2.21. The van der Waals surface area contributed by atoms with Gasteiger partial charge in [0.05, 0.1) is 11.1 Å². The van der Waals surface area contributed by atoms with Gasteiger partial charge in [-0.05, 0) is 49.3 Å². The van der Waals surface area contributed by atoms with Gasteiger partial charge in [-0.1, -0.05) is 6.08 Å². The Morgan fingerprint density at radius 1 is 1.10 bits per heavy atom. The van der Waals surface area contributed by atoms with Crippen LogP contribution in [0.1, 0.15) is 40.1 Å². The average molecular weight is 273 g/mol. The first-order valence-electron chi connectivity index (χ1n) is 6.15. The number of nitrogens with one attached hydrogen (secondary N) is 1. The van der Waals surface area contributed by atoms with Crippen molar-refractivity contribution >= 4 is 17.5 Å². The summed E-state index contributed by atoms with van der Waals surface area (Å²) < 4.78 is 0. The quantitative estimate of drug-likeness (QED) is 0.787. The van der Waals surface area contributed by atoms with Gasteiger partial charge in [0.1, 0.15) is 0 Å². The molecule has 1 aromatic carbocycles. The van der Waals surface area contributed by atoms with Gasteiger partial charge < -0.3 is 15.5 Å². The molecule has 0 radical (unpaired) electrons. The highest BCUT2D eigenvalue weighted by Gasteiger charge is 2.15.